The highest BCUT2D eigenvalue weighted by molar-refractivity contribution is 6.04. The van der Waals surface area contributed by atoms with Crippen LogP contribution >= 0.6 is 0 Å². The van der Waals surface area contributed by atoms with E-state index >= 15 is 8.78 Å². The second-order valence-corrected chi connectivity index (χ2v) is 24.1. The lowest BCUT2D eigenvalue weighted by Crippen LogP contribution is -2.48. The Kier molecular flexibility index (Phi) is 12.9. The maximum Gasteiger partial charge on any atom is 0.409 e. The van der Waals surface area contributed by atoms with Gasteiger partial charge in [-0.25, -0.2) is 18.6 Å². The van der Waals surface area contributed by atoms with Crippen molar-refractivity contribution in [2.24, 2.45) is 24.3 Å². The molecule has 1 aliphatic carbocycles. The van der Waals surface area contributed by atoms with Gasteiger partial charge in [-0.05, 0) is 143 Å². The normalized spacial score (nSPS) is 25.3. The van der Waals surface area contributed by atoms with E-state index in [1.54, 1.807) is 18.2 Å². The lowest BCUT2D eigenvalue weighted by molar-refractivity contribution is -0.134. The zero-order chi connectivity index (χ0) is 54.4. The number of amides is 3. The van der Waals surface area contributed by atoms with Crippen molar-refractivity contribution in [1.29, 1.82) is 0 Å². The van der Waals surface area contributed by atoms with Crippen LogP contribution in [0.25, 0.3) is 43.8 Å². The molecule has 8 aliphatic rings. The van der Waals surface area contributed by atoms with Crippen LogP contribution in [0.2, 0.25) is 0 Å². The van der Waals surface area contributed by atoms with Crippen LogP contribution in [0.5, 0.6) is 6.01 Å². The lowest BCUT2D eigenvalue weighted by atomic mass is 9.70. The van der Waals surface area contributed by atoms with Gasteiger partial charge in [0.2, 0.25) is 11.8 Å². The molecule has 416 valence electrons. The Morgan fingerprint density at radius 1 is 0.875 bits per heavy atom. The molecule has 3 aromatic carbocycles. The third-order valence-electron chi connectivity index (χ3n) is 20.0. The summed E-state index contributed by atoms with van der Waals surface area (Å²) in [6.45, 7) is 6.72. The predicted molar refractivity (Wildman–Crippen MR) is 298 cm³/mol. The second kappa shape index (κ2) is 20.2. The van der Waals surface area contributed by atoms with Crippen LogP contribution in [0, 0.1) is 41.2 Å². The molecule has 16 nitrogen and oxygen atoms in total. The highest BCUT2D eigenvalue weighted by Crippen LogP contribution is 2.63. The van der Waals surface area contributed by atoms with Gasteiger partial charge in [-0.2, -0.15) is 15.1 Å². The summed E-state index contributed by atoms with van der Waals surface area (Å²) in [6, 6.07) is 15.0. The summed E-state index contributed by atoms with van der Waals surface area (Å²) in [7, 11) is 1.92. The SMILES string of the molecule is C#Cc1c(F)ccc2cccc(-c3nc4c5c(nc(OC[C@@]67CCCN6[C@H](COC(=O)N6CCC(C8(C9CCN(c%10ccc%11c(C%12CCC(=O)NC%12=O)nn(C)c%11c%10)CC9)CC8)CC6)CC7)nc5c3F)N3CCCOC[C@@H]3CC4)c12. The molecule has 3 amide bonds. The van der Waals surface area contributed by atoms with Crippen LogP contribution < -0.4 is 19.9 Å². The number of aryl methyl sites for hydroxylation is 2. The monoisotopic (exact) mass is 1090 g/mol. The van der Waals surface area contributed by atoms with Crippen molar-refractivity contribution in [3.63, 3.8) is 0 Å². The van der Waals surface area contributed by atoms with Crippen LogP contribution in [0.3, 0.4) is 0 Å². The summed E-state index contributed by atoms with van der Waals surface area (Å²) in [5.74, 6) is 2.26. The number of imide groups is 1. The number of ether oxygens (including phenoxy) is 3. The van der Waals surface area contributed by atoms with Gasteiger partial charge in [0.25, 0.3) is 0 Å². The minimum Gasteiger partial charge on any atom is -0.461 e. The summed E-state index contributed by atoms with van der Waals surface area (Å²) >= 11 is 0. The van der Waals surface area contributed by atoms with Crippen molar-refractivity contribution in [2.45, 2.75) is 120 Å². The molecule has 7 fully saturated rings. The number of carbonyl (C=O) groups excluding carboxylic acids is 3. The fourth-order valence-electron chi connectivity index (χ4n) is 15.8. The Balaban J connectivity index is 0.616. The molecule has 10 heterocycles. The van der Waals surface area contributed by atoms with E-state index < -0.39 is 17.6 Å². The maximum absolute atomic E-state index is 17.5. The number of piperidine rings is 3. The molecule has 3 aromatic heterocycles. The van der Waals surface area contributed by atoms with Crippen molar-refractivity contribution in [3.05, 3.63) is 77.1 Å². The van der Waals surface area contributed by atoms with E-state index in [1.165, 1.54) is 24.6 Å². The Morgan fingerprint density at radius 3 is 2.50 bits per heavy atom. The first-order valence-corrected chi connectivity index (χ1v) is 29.3. The topological polar surface area (TPSA) is 160 Å². The van der Waals surface area contributed by atoms with Crippen LogP contribution in [0.15, 0.2) is 48.5 Å². The minimum atomic E-state index is -0.638. The van der Waals surface area contributed by atoms with E-state index in [4.69, 9.17) is 40.7 Å². The van der Waals surface area contributed by atoms with E-state index in [0.717, 1.165) is 100 Å². The van der Waals surface area contributed by atoms with Crippen molar-refractivity contribution < 1.29 is 37.4 Å². The molecule has 80 heavy (non-hydrogen) atoms. The number of hydrogen-bond donors (Lipinski definition) is 1. The van der Waals surface area contributed by atoms with Gasteiger partial charge in [0, 0.05) is 80.9 Å². The van der Waals surface area contributed by atoms with Gasteiger partial charge in [-0.1, -0.05) is 30.2 Å². The van der Waals surface area contributed by atoms with Crippen LogP contribution in [0.1, 0.15) is 113 Å². The average Bonchev–Trinajstić information content (AvgIpc) is 4.11. The third kappa shape index (κ3) is 8.71. The number of rotatable bonds is 10. The highest BCUT2D eigenvalue weighted by atomic mass is 19.1. The van der Waals surface area contributed by atoms with Gasteiger partial charge in [0.15, 0.2) is 5.82 Å². The zero-order valence-corrected chi connectivity index (χ0v) is 45.5. The van der Waals surface area contributed by atoms with E-state index in [0.29, 0.717) is 116 Å². The standard InChI is InChI=1S/C62H68F2N10O6/c1-3-43-47(63)14-9-37-7-4-8-45(51(37)43)55-53(64)56-52-48(65-55)15-11-41-34-78-32-6-26-73(41)57(52)68-59(67-56)80-36-61-22-5-27-74(61)42(17-23-61)35-79-60(77)72-30-20-39(21-31-72)62(24-25-62)38-18-28-71(29-19-38)40-10-12-44-49(33-40)70(2)69-54(44)46-13-16-50(75)66-58(46)76/h1,4,7-10,12,14,33,38-39,41-42,46H,5-6,11,13,15-32,34-36H2,2H3,(H,66,75,76)/t41-,42-,46?,61-/m0/s1. The summed E-state index contributed by atoms with van der Waals surface area (Å²) in [5, 5.41) is 9.88. The van der Waals surface area contributed by atoms with Crippen LogP contribution in [0.4, 0.5) is 25.1 Å². The fourth-order valence-corrected chi connectivity index (χ4v) is 15.8. The molecule has 18 heteroatoms. The molecule has 14 rings (SSSR count). The van der Waals surface area contributed by atoms with E-state index in [9.17, 15) is 14.4 Å². The average molecular weight is 1090 g/mol. The Labute approximate surface area is 463 Å². The quantitative estimate of drug-likeness (QED) is 0.102. The van der Waals surface area contributed by atoms with E-state index in [-0.39, 0.29) is 58.3 Å². The van der Waals surface area contributed by atoms with Gasteiger partial charge in [0.05, 0.1) is 52.0 Å². The van der Waals surface area contributed by atoms with Crippen molar-refractivity contribution >= 4 is 62.0 Å². The Bertz CT molecular complexity index is 3530. The fraction of sp³-hybridized carbons (Fsp3) is 0.532. The van der Waals surface area contributed by atoms with Crippen molar-refractivity contribution in [2.75, 3.05) is 75.5 Å². The molecule has 1 unspecified atom stereocenters. The van der Waals surface area contributed by atoms with Gasteiger partial charge in [-0.3, -0.25) is 24.5 Å². The molecule has 4 atom stereocenters. The van der Waals surface area contributed by atoms with Crippen molar-refractivity contribution in [1.82, 2.24) is 39.8 Å². The summed E-state index contributed by atoms with van der Waals surface area (Å²) in [6.07, 6.45) is 18.9. The molecule has 0 spiro atoms. The molecule has 0 radical (unpaired) electrons. The predicted octanol–water partition coefficient (Wildman–Crippen LogP) is 8.97. The number of aromatic nitrogens is 5. The third-order valence-corrected chi connectivity index (χ3v) is 20.0. The second-order valence-electron chi connectivity index (χ2n) is 24.1. The number of anilines is 2. The molecule has 6 aromatic rings. The lowest BCUT2D eigenvalue weighted by Gasteiger charge is -2.43. The van der Waals surface area contributed by atoms with E-state index in [1.807, 2.05) is 22.7 Å². The number of hydrogen-bond acceptors (Lipinski definition) is 13. The minimum absolute atomic E-state index is 0.00291. The first-order chi connectivity index (χ1) is 39.0. The number of benzene rings is 3. The number of nitrogens with zero attached hydrogens (tertiary/aromatic N) is 9. The number of nitrogens with one attached hydrogen (secondary N) is 1. The molecule has 1 N–H and O–H groups in total. The first kappa shape index (κ1) is 51.2. The maximum atomic E-state index is 17.5. The number of halogens is 2. The first-order valence-electron chi connectivity index (χ1n) is 29.3. The van der Waals surface area contributed by atoms with Gasteiger partial charge < -0.3 is 28.9 Å². The summed E-state index contributed by atoms with van der Waals surface area (Å²) in [5.41, 5.74) is 4.26. The molecular formula is C62H68F2N10O6. The molecule has 1 saturated carbocycles. The molecule has 7 aliphatic heterocycles. The van der Waals surface area contributed by atoms with Crippen LogP contribution in [-0.2, 0) is 32.5 Å². The van der Waals surface area contributed by atoms with E-state index in [2.05, 4.69) is 44.1 Å². The van der Waals surface area contributed by atoms with Crippen LogP contribution in [-0.4, -0.2) is 136 Å². The molecule has 0 bridgehead atoms. The number of carbonyl (C=O) groups is 3. The van der Waals surface area contributed by atoms with Gasteiger partial charge in [0.1, 0.15) is 36.1 Å². The number of fused-ring (bicyclic) bond motifs is 5. The Hall–Kier alpha value is -6.97. The summed E-state index contributed by atoms with van der Waals surface area (Å²) in [4.78, 5) is 62.4. The largest absolute Gasteiger partial charge is 0.461 e. The van der Waals surface area contributed by atoms with Gasteiger partial charge >= 0.3 is 12.1 Å². The number of pyridine rings is 1. The highest BCUT2D eigenvalue weighted by Gasteiger charge is 2.55. The smallest absolute Gasteiger partial charge is 0.409 e. The van der Waals surface area contributed by atoms with Crippen molar-refractivity contribution in [3.8, 4) is 29.6 Å². The zero-order valence-electron chi connectivity index (χ0n) is 45.5. The molecular weight excluding hydrogens is 1020 g/mol. The molecule has 6 saturated heterocycles. The number of terminal acetylenes is 1. The number of likely N-dealkylation sites (tertiary alicyclic amines) is 1. The summed E-state index contributed by atoms with van der Waals surface area (Å²) < 4.78 is 53.5. The van der Waals surface area contributed by atoms with Gasteiger partial charge in [-0.15, -0.1) is 6.42 Å². The Morgan fingerprint density at radius 2 is 1.70 bits per heavy atom.